The number of aromatic amines is 3. The van der Waals surface area contributed by atoms with Crippen LogP contribution in [0.15, 0.2) is 78.4 Å². The number of carboxylic acid groups (broad SMARTS) is 1. The molecule has 2 aromatic carbocycles. The number of nitrogens with zero attached hydrogens (tertiary/aromatic N) is 6. The van der Waals surface area contributed by atoms with Crippen LogP contribution in [0.5, 0.6) is 0 Å². The Morgan fingerprint density at radius 2 is 1.06 bits per heavy atom. The second-order valence-electron chi connectivity index (χ2n) is 27.8. The Morgan fingerprint density at radius 3 is 1.62 bits per heavy atom. The van der Waals surface area contributed by atoms with E-state index < -0.39 is 162 Å². The van der Waals surface area contributed by atoms with Crippen LogP contribution in [-0.2, 0) is 76.8 Å². The van der Waals surface area contributed by atoms with Crippen LogP contribution in [-0.4, -0.2) is 262 Å². The highest BCUT2D eigenvalue weighted by Gasteiger charge is 2.47. The number of carboxylic acids is 1. The van der Waals surface area contributed by atoms with Crippen LogP contribution in [0, 0.1) is 5.92 Å². The molecule has 7 heterocycles. The number of carbonyl (C=O) groups is 12. The third-order valence-corrected chi connectivity index (χ3v) is 20.7. The Kier molecular flexibility index (Phi) is 28.1. The first-order valence-electron chi connectivity index (χ1n) is 36.0. The van der Waals surface area contributed by atoms with E-state index in [1.165, 1.54) is 50.8 Å². The number of aliphatic imine (C=N–C) groups is 1. The molecular weight excluding hydrogens is 1390 g/mol. The third kappa shape index (κ3) is 19.9. The summed E-state index contributed by atoms with van der Waals surface area (Å²) in [4.78, 5) is 194. The molecule has 0 bridgehead atoms. The quantitative estimate of drug-likeness (QED) is 0.0119. The molecule has 0 saturated carbocycles. The van der Waals surface area contributed by atoms with Crippen molar-refractivity contribution in [3.63, 3.8) is 0 Å². The first kappa shape index (κ1) is 80.0. The third-order valence-electron chi connectivity index (χ3n) is 20.0. The molecule has 106 heavy (non-hydrogen) atoms. The lowest BCUT2D eigenvalue weighted by Crippen LogP contribution is -2.61. The molecule has 4 aliphatic rings. The van der Waals surface area contributed by atoms with Gasteiger partial charge in [0.2, 0.25) is 65.0 Å². The van der Waals surface area contributed by atoms with Gasteiger partial charge in [-0.3, -0.25) is 57.7 Å². The maximum absolute atomic E-state index is 14.9. The summed E-state index contributed by atoms with van der Waals surface area (Å²) in [6, 6.07) is -0.834. The summed E-state index contributed by atoms with van der Waals surface area (Å²) in [6.07, 6.45) is 8.95. The van der Waals surface area contributed by atoms with E-state index in [1.54, 1.807) is 38.6 Å². The number of aliphatic carboxylic acids is 1. The molecule has 9 rings (SSSR count). The summed E-state index contributed by atoms with van der Waals surface area (Å²) < 4.78 is 0. The fraction of sp³-hybridized carbons (Fsp3) is 0.549. The number of likely N-dealkylation sites (tertiary alicyclic amines) is 4. The SMILES string of the molecule is CSCCC(NC(=O)C1CCCN1C(=O)C1CCCN1C(=O)C(CCCN=C(N)N)NC(=O)C(Cc1cnc[nH]1)NC(=O)C(N)C(C)O)C(=O)NC(Cc1c[nH]c2ccccc12)C(=O)NC(CO)C(=O)N1CCCC1C(=O)NC(C(=O)NC(Cc1c[nH]c2ccccc12)C(=O)N1CCCC1C(=O)O)C(C)C. The van der Waals surface area contributed by atoms with Crippen LogP contribution in [0.2, 0.25) is 0 Å². The fourth-order valence-electron chi connectivity index (χ4n) is 14.3. The van der Waals surface area contributed by atoms with Crippen LogP contribution in [0.1, 0.15) is 108 Å². The Morgan fingerprint density at radius 1 is 0.575 bits per heavy atom. The first-order chi connectivity index (χ1) is 50.8. The molecule has 11 amide bonds. The molecule has 3 aromatic heterocycles. The monoisotopic (exact) mass is 1490 g/mol. The number of hydrogen-bond acceptors (Lipinski definition) is 18. The average Bonchev–Trinajstić information content (AvgIpc) is 1.61. The number of benzene rings is 2. The van der Waals surface area contributed by atoms with Crippen molar-refractivity contribution in [2.45, 2.75) is 189 Å². The van der Waals surface area contributed by atoms with Gasteiger partial charge in [0.1, 0.15) is 72.5 Å². The fourth-order valence-corrected chi connectivity index (χ4v) is 14.8. The van der Waals surface area contributed by atoms with Crippen molar-refractivity contribution in [1.82, 2.24) is 76.8 Å². The van der Waals surface area contributed by atoms with Crippen LogP contribution >= 0.6 is 11.8 Å². The van der Waals surface area contributed by atoms with Gasteiger partial charge >= 0.3 is 5.97 Å². The summed E-state index contributed by atoms with van der Waals surface area (Å²) in [6.45, 7) is 4.21. The van der Waals surface area contributed by atoms with Crippen molar-refractivity contribution in [2.24, 2.45) is 28.1 Å². The number of aliphatic hydroxyl groups excluding tert-OH is 2. The van der Waals surface area contributed by atoms with Crippen molar-refractivity contribution in [3.05, 3.63) is 90.3 Å². The van der Waals surface area contributed by atoms with Crippen LogP contribution < -0.4 is 54.4 Å². The van der Waals surface area contributed by atoms with E-state index in [0.29, 0.717) is 59.2 Å². The molecule has 4 saturated heterocycles. The summed E-state index contributed by atoms with van der Waals surface area (Å²) in [5.74, 6) is -9.70. The van der Waals surface area contributed by atoms with E-state index in [1.807, 2.05) is 42.5 Å². The highest BCUT2D eigenvalue weighted by atomic mass is 32.2. The van der Waals surface area contributed by atoms with E-state index in [0.717, 1.165) is 10.9 Å². The number of amides is 11. The molecule has 574 valence electrons. The molecule has 0 spiro atoms. The number of imidazole rings is 1. The standard InChI is InChI=1S/C71H99N19O15S/c1-38(2)58(65(99)84-51(67(101)90-28-13-22-56(90)70(104)105)31-41-34-78-46-17-8-6-15-44(41)46)86-63(97)54-20-10-25-87(54)68(102)52(36-91)85-60(94)49(30-40-33-77-45-16-7-5-14-43(40)45)82-59(93)47(23-29-106-4)80-62(96)53-19-11-26-88(53)69(103)55-21-12-27-89(55)66(100)48(18-9-24-76-71(73)74)81-61(95)50(32-42-35-75-37-79-42)83-64(98)57(72)39(3)92/h5-8,14-17,33-35,37-39,47-58,77-78,91-92H,9-13,18-32,36,72H2,1-4H3,(H,75,79)(H,80,96)(H,81,95)(H,82,93)(H,83,98)(H,84,99)(H,85,94)(H,86,97)(H,104,105)(H4,73,74,76). The number of nitrogens with two attached hydrogens (primary N) is 3. The number of guanidine groups is 1. The maximum atomic E-state index is 14.9. The van der Waals surface area contributed by atoms with Gasteiger partial charge in [0, 0.05) is 98.1 Å². The smallest absolute Gasteiger partial charge is 0.326 e. The van der Waals surface area contributed by atoms with E-state index in [9.17, 15) is 72.9 Å². The Bertz CT molecular complexity index is 3990. The number of thioether (sulfide) groups is 1. The highest BCUT2D eigenvalue weighted by molar-refractivity contribution is 7.98. The molecule has 19 N–H and O–H groups in total. The van der Waals surface area contributed by atoms with E-state index in [4.69, 9.17) is 17.2 Å². The molecular formula is C71H99N19O15S. The lowest BCUT2D eigenvalue weighted by molar-refractivity contribution is -0.149. The Hall–Kier alpha value is -10.1. The summed E-state index contributed by atoms with van der Waals surface area (Å²) in [7, 11) is 0. The van der Waals surface area contributed by atoms with Crippen LogP contribution in [0.3, 0.4) is 0 Å². The average molecular weight is 1490 g/mol. The normalized spacial score (nSPS) is 19.8. The molecule has 0 radical (unpaired) electrons. The summed E-state index contributed by atoms with van der Waals surface area (Å²) in [5.41, 5.74) is 20.3. The minimum absolute atomic E-state index is 0.0118. The largest absolute Gasteiger partial charge is 0.480 e. The zero-order valence-corrected chi connectivity index (χ0v) is 60.7. The molecule has 4 aliphatic heterocycles. The lowest BCUT2D eigenvalue weighted by atomic mass is 9.99. The van der Waals surface area contributed by atoms with Gasteiger partial charge in [-0.1, -0.05) is 50.2 Å². The predicted octanol–water partition coefficient (Wildman–Crippen LogP) is -1.99. The Balaban J connectivity index is 0.879. The number of aromatic nitrogens is 4. The number of H-pyrrole nitrogens is 3. The van der Waals surface area contributed by atoms with Gasteiger partial charge in [0.05, 0.1) is 19.0 Å². The number of aliphatic hydroxyl groups is 2. The predicted molar refractivity (Wildman–Crippen MR) is 391 cm³/mol. The van der Waals surface area contributed by atoms with Crippen LogP contribution in [0.4, 0.5) is 0 Å². The van der Waals surface area contributed by atoms with Gasteiger partial charge in [-0.15, -0.1) is 0 Å². The van der Waals surface area contributed by atoms with Gasteiger partial charge < -0.3 is 104 Å². The number of rotatable bonds is 35. The van der Waals surface area contributed by atoms with Gasteiger partial charge in [0.15, 0.2) is 5.96 Å². The van der Waals surface area contributed by atoms with Crippen molar-refractivity contribution in [3.8, 4) is 0 Å². The van der Waals surface area contributed by atoms with Crippen LogP contribution in [0.25, 0.3) is 21.8 Å². The maximum Gasteiger partial charge on any atom is 0.326 e. The number of para-hydroxylation sites is 2. The molecule has 13 unspecified atom stereocenters. The lowest BCUT2D eigenvalue weighted by Gasteiger charge is -2.34. The second kappa shape index (κ2) is 37.2. The van der Waals surface area contributed by atoms with Gasteiger partial charge in [0.25, 0.3) is 0 Å². The highest BCUT2D eigenvalue weighted by Crippen LogP contribution is 2.29. The van der Waals surface area contributed by atoms with Crippen molar-refractivity contribution in [1.29, 1.82) is 0 Å². The number of fused-ring (bicyclic) bond motifs is 2. The van der Waals surface area contributed by atoms with Gasteiger partial charge in [-0.25, -0.2) is 9.78 Å². The minimum Gasteiger partial charge on any atom is -0.480 e. The van der Waals surface area contributed by atoms with Crippen molar-refractivity contribution < 1.29 is 72.9 Å². The second-order valence-corrected chi connectivity index (χ2v) is 28.8. The summed E-state index contributed by atoms with van der Waals surface area (Å²) in [5, 5.41) is 51.8. The van der Waals surface area contributed by atoms with Crippen molar-refractivity contribution in [2.75, 3.05) is 51.3 Å². The molecule has 0 aliphatic carbocycles. The van der Waals surface area contributed by atoms with Crippen molar-refractivity contribution >= 4 is 110 Å². The molecule has 5 aromatic rings. The molecule has 34 nitrogen and oxygen atoms in total. The molecule has 4 fully saturated rings. The number of carbonyl (C=O) groups excluding carboxylic acids is 11. The number of nitrogens with one attached hydrogen (secondary N) is 10. The van der Waals surface area contributed by atoms with Gasteiger partial charge in [-0.2, -0.15) is 11.8 Å². The molecule has 35 heteroatoms. The van der Waals surface area contributed by atoms with E-state index >= 15 is 0 Å². The Labute approximate surface area is 616 Å². The van der Waals surface area contributed by atoms with E-state index in [2.05, 4.69) is 62.1 Å². The van der Waals surface area contributed by atoms with E-state index in [-0.39, 0.29) is 103 Å². The first-order valence-corrected chi connectivity index (χ1v) is 37.4. The number of hydrogen-bond donors (Lipinski definition) is 16. The zero-order valence-electron chi connectivity index (χ0n) is 59.9. The minimum atomic E-state index is -1.67. The zero-order chi connectivity index (χ0) is 76.5. The summed E-state index contributed by atoms with van der Waals surface area (Å²) >= 11 is 1.38. The van der Waals surface area contributed by atoms with Gasteiger partial charge in [-0.05, 0) is 119 Å². The molecule has 13 atom stereocenters. The topological polar surface area (TPSA) is 513 Å².